The van der Waals surface area contributed by atoms with Crippen molar-refractivity contribution in [2.75, 3.05) is 51.0 Å². The molecule has 0 atom stereocenters. The van der Waals surface area contributed by atoms with E-state index >= 15 is 0 Å². The number of fused-ring (bicyclic) bond motifs is 2. The number of aromatic amines is 1. The maximum absolute atomic E-state index is 12.6. The van der Waals surface area contributed by atoms with E-state index in [-0.39, 0.29) is 11.5 Å². The highest BCUT2D eigenvalue weighted by Crippen LogP contribution is 2.32. The van der Waals surface area contributed by atoms with E-state index in [0.29, 0.717) is 13.3 Å². The van der Waals surface area contributed by atoms with Crippen molar-refractivity contribution >= 4 is 44.0 Å². The fourth-order valence-electron chi connectivity index (χ4n) is 6.05. The standard InChI is InChI=1S/C36H45N3O4S/c1-2-3-4-5-6-7-8-14-36(41)43-28-39(23-20-38(21-24-39)33-12-11-13-34-31(33)19-26-44-34)22-9-10-25-42-30-17-15-29-16-18-35(40)37-32(29)27-30/h8,11-19,26-27H,2-7,9-10,20-25,28H2,1H3/p+1/b14-8-. The Kier molecular flexibility index (Phi) is 11.5. The highest BCUT2D eigenvalue weighted by molar-refractivity contribution is 7.17. The number of hydrogen-bond donors (Lipinski definition) is 1. The summed E-state index contributed by atoms with van der Waals surface area (Å²) in [7, 11) is 0. The van der Waals surface area contributed by atoms with Gasteiger partial charge in [0.1, 0.15) is 5.75 Å². The number of nitrogens with one attached hydrogen (secondary N) is 1. The maximum atomic E-state index is 12.6. The van der Waals surface area contributed by atoms with Gasteiger partial charge in [-0.2, -0.15) is 0 Å². The molecule has 5 rings (SSSR count). The Morgan fingerprint density at radius 3 is 2.70 bits per heavy atom. The zero-order chi connectivity index (χ0) is 30.6. The van der Waals surface area contributed by atoms with Gasteiger partial charge in [-0.05, 0) is 72.8 Å². The summed E-state index contributed by atoms with van der Waals surface area (Å²) >= 11 is 1.78. The Morgan fingerprint density at radius 1 is 1.00 bits per heavy atom. The van der Waals surface area contributed by atoms with Crippen LogP contribution in [0.3, 0.4) is 0 Å². The van der Waals surface area contributed by atoms with Crippen molar-refractivity contribution < 1.29 is 18.8 Å². The molecular weight excluding hydrogens is 570 g/mol. The lowest BCUT2D eigenvalue weighted by Gasteiger charge is -2.44. The first-order valence-electron chi connectivity index (χ1n) is 16.2. The zero-order valence-electron chi connectivity index (χ0n) is 26.0. The number of piperazine rings is 1. The van der Waals surface area contributed by atoms with Crippen LogP contribution in [0.25, 0.3) is 21.0 Å². The molecule has 0 aliphatic carbocycles. The van der Waals surface area contributed by atoms with Crippen LogP contribution in [0.15, 0.2) is 76.9 Å². The van der Waals surface area contributed by atoms with Gasteiger partial charge in [0, 0.05) is 34.0 Å². The average Bonchev–Trinajstić information content (AvgIpc) is 3.53. The topological polar surface area (TPSA) is 71.6 Å². The monoisotopic (exact) mass is 616 g/mol. The number of ether oxygens (including phenoxy) is 2. The summed E-state index contributed by atoms with van der Waals surface area (Å²) in [6, 6.07) is 17.9. The highest BCUT2D eigenvalue weighted by atomic mass is 32.1. The van der Waals surface area contributed by atoms with E-state index < -0.39 is 0 Å². The van der Waals surface area contributed by atoms with E-state index in [2.05, 4.69) is 46.5 Å². The molecule has 0 unspecified atom stereocenters. The van der Waals surface area contributed by atoms with E-state index in [4.69, 9.17) is 9.47 Å². The molecule has 1 fully saturated rings. The molecule has 0 bridgehead atoms. The summed E-state index contributed by atoms with van der Waals surface area (Å²) in [5.41, 5.74) is 1.96. The van der Waals surface area contributed by atoms with Crippen molar-refractivity contribution in [2.24, 2.45) is 0 Å². The summed E-state index contributed by atoms with van der Waals surface area (Å²) in [6.45, 7) is 7.84. The van der Waals surface area contributed by atoms with Gasteiger partial charge in [-0.25, -0.2) is 4.79 Å². The van der Waals surface area contributed by atoms with E-state index in [1.54, 1.807) is 17.4 Å². The van der Waals surface area contributed by atoms with Crippen molar-refractivity contribution in [3.8, 4) is 5.75 Å². The summed E-state index contributed by atoms with van der Waals surface area (Å²) < 4.78 is 14.0. The number of hydrogen-bond acceptors (Lipinski definition) is 6. The van der Waals surface area contributed by atoms with Crippen molar-refractivity contribution in [1.29, 1.82) is 0 Å². The number of carbonyl (C=O) groups excluding carboxylic acids is 1. The molecule has 0 amide bonds. The summed E-state index contributed by atoms with van der Waals surface area (Å²) in [4.78, 5) is 29.7. The average molecular weight is 617 g/mol. The number of anilines is 1. The van der Waals surface area contributed by atoms with Crippen LogP contribution in [0.1, 0.15) is 58.3 Å². The highest BCUT2D eigenvalue weighted by Gasteiger charge is 2.34. The molecule has 7 nitrogen and oxygen atoms in total. The molecule has 0 spiro atoms. The second-order valence-corrected chi connectivity index (χ2v) is 12.9. The predicted octanol–water partition coefficient (Wildman–Crippen LogP) is 7.66. The Morgan fingerprint density at radius 2 is 1.84 bits per heavy atom. The molecule has 234 valence electrons. The van der Waals surface area contributed by atoms with Crippen molar-refractivity contribution in [2.45, 2.75) is 58.3 Å². The predicted molar refractivity (Wildman–Crippen MR) is 182 cm³/mol. The number of H-pyrrole nitrogens is 1. The number of carbonyl (C=O) groups is 1. The molecular formula is C36H46N3O4S+. The number of aromatic nitrogens is 1. The minimum Gasteiger partial charge on any atom is -0.494 e. The van der Waals surface area contributed by atoms with Crippen molar-refractivity contribution in [3.05, 3.63) is 82.5 Å². The number of rotatable bonds is 16. The zero-order valence-corrected chi connectivity index (χ0v) is 26.8. The molecule has 44 heavy (non-hydrogen) atoms. The molecule has 1 aliphatic heterocycles. The second-order valence-electron chi connectivity index (χ2n) is 11.9. The third kappa shape index (κ3) is 8.73. The fourth-order valence-corrected chi connectivity index (χ4v) is 6.86. The lowest BCUT2D eigenvalue weighted by molar-refractivity contribution is -0.944. The number of quaternary nitrogens is 1. The van der Waals surface area contributed by atoms with Crippen LogP contribution in [0.2, 0.25) is 0 Å². The van der Waals surface area contributed by atoms with Crippen LogP contribution in [0.5, 0.6) is 5.75 Å². The van der Waals surface area contributed by atoms with Gasteiger partial charge in [0.2, 0.25) is 12.3 Å². The van der Waals surface area contributed by atoms with Gasteiger partial charge in [0.15, 0.2) is 0 Å². The number of benzene rings is 2. The first kappa shape index (κ1) is 31.8. The number of esters is 1. The maximum Gasteiger partial charge on any atom is 0.334 e. The van der Waals surface area contributed by atoms with E-state index in [1.807, 2.05) is 30.3 Å². The van der Waals surface area contributed by atoms with Crippen LogP contribution < -0.4 is 15.2 Å². The molecule has 0 saturated carbocycles. The third-order valence-electron chi connectivity index (χ3n) is 8.70. The molecule has 2 aromatic carbocycles. The number of thiophene rings is 1. The van der Waals surface area contributed by atoms with Gasteiger partial charge in [-0.1, -0.05) is 44.7 Å². The molecule has 0 radical (unpaired) electrons. The summed E-state index contributed by atoms with van der Waals surface area (Å²) in [6.07, 6.45) is 12.5. The van der Waals surface area contributed by atoms with Crippen LogP contribution in [-0.2, 0) is 9.53 Å². The fraction of sp³-hybridized carbons (Fsp3) is 0.444. The normalized spacial score (nSPS) is 14.9. The Labute approximate surface area is 264 Å². The number of allylic oxidation sites excluding steroid dienone is 1. The molecule has 1 aliphatic rings. The third-order valence-corrected chi connectivity index (χ3v) is 9.59. The summed E-state index contributed by atoms with van der Waals surface area (Å²) in [5, 5.41) is 4.46. The first-order valence-corrected chi connectivity index (χ1v) is 17.1. The van der Waals surface area contributed by atoms with Crippen molar-refractivity contribution in [3.63, 3.8) is 0 Å². The Bertz CT molecular complexity index is 1590. The Hall–Kier alpha value is -3.62. The number of unbranched alkanes of at least 4 members (excludes halogenated alkanes) is 6. The lowest BCUT2D eigenvalue weighted by atomic mass is 10.1. The number of nitrogens with zero attached hydrogens (tertiary/aromatic N) is 2. The van der Waals surface area contributed by atoms with Crippen LogP contribution >= 0.6 is 11.3 Å². The Balaban J connectivity index is 1.14. The molecule has 4 aromatic rings. The van der Waals surface area contributed by atoms with E-state index in [1.165, 1.54) is 47.5 Å². The second kappa shape index (κ2) is 15.9. The number of pyridine rings is 1. The van der Waals surface area contributed by atoms with Crippen LogP contribution in [-0.4, -0.2) is 61.5 Å². The lowest BCUT2D eigenvalue weighted by Crippen LogP contribution is -2.61. The minimum atomic E-state index is -0.237. The van der Waals surface area contributed by atoms with Gasteiger partial charge in [0.05, 0.1) is 44.8 Å². The van der Waals surface area contributed by atoms with E-state index in [9.17, 15) is 9.59 Å². The smallest absolute Gasteiger partial charge is 0.334 e. The largest absolute Gasteiger partial charge is 0.494 e. The SMILES string of the molecule is CCCCCCC/C=C\C(=O)OC[N+]1(CCCCOc2ccc3ccc(=O)[nH]c3c2)CCN(c2cccc3sccc23)CC1. The van der Waals surface area contributed by atoms with Gasteiger partial charge < -0.3 is 19.4 Å². The van der Waals surface area contributed by atoms with Gasteiger partial charge >= 0.3 is 5.97 Å². The van der Waals surface area contributed by atoms with E-state index in [0.717, 1.165) is 79.5 Å². The van der Waals surface area contributed by atoms with Crippen LogP contribution in [0, 0.1) is 0 Å². The molecule has 8 heteroatoms. The molecule has 2 aromatic heterocycles. The van der Waals surface area contributed by atoms with Gasteiger partial charge in [-0.3, -0.25) is 9.28 Å². The van der Waals surface area contributed by atoms with Gasteiger partial charge in [0.25, 0.3) is 0 Å². The quantitative estimate of drug-likeness (QED) is 0.0606. The molecule has 1 N–H and O–H groups in total. The van der Waals surface area contributed by atoms with Crippen molar-refractivity contribution in [1.82, 2.24) is 4.98 Å². The van der Waals surface area contributed by atoms with Gasteiger partial charge in [-0.15, -0.1) is 11.3 Å². The molecule has 3 heterocycles. The van der Waals surface area contributed by atoms with Crippen LogP contribution in [0.4, 0.5) is 5.69 Å². The minimum absolute atomic E-state index is 0.116. The summed E-state index contributed by atoms with van der Waals surface area (Å²) in [5.74, 6) is 0.518. The molecule has 1 saturated heterocycles. The first-order chi connectivity index (χ1) is 21.5.